The summed E-state index contributed by atoms with van der Waals surface area (Å²) in [7, 11) is 1.67. The van der Waals surface area contributed by atoms with Crippen molar-refractivity contribution in [2.75, 3.05) is 7.11 Å². The Bertz CT molecular complexity index is 835. The summed E-state index contributed by atoms with van der Waals surface area (Å²) in [5.41, 5.74) is 3.78. The average Bonchev–Trinajstić information content (AvgIpc) is 2.91. The molecule has 5 heteroatoms. The van der Waals surface area contributed by atoms with E-state index in [9.17, 15) is 4.79 Å². The van der Waals surface area contributed by atoms with E-state index in [0.29, 0.717) is 0 Å². The van der Waals surface area contributed by atoms with Crippen LogP contribution in [-0.2, 0) is 6.54 Å². The fourth-order valence-electron chi connectivity index (χ4n) is 2.49. The zero-order valence-electron chi connectivity index (χ0n) is 12.6. The smallest absolute Gasteiger partial charge is 0.323 e. The van der Waals surface area contributed by atoms with E-state index in [-0.39, 0.29) is 11.7 Å². The fourth-order valence-corrected chi connectivity index (χ4v) is 2.49. The van der Waals surface area contributed by atoms with Gasteiger partial charge in [-0.05, 0) is 42.3 Å². The highest BCUT2D eigenvalue weighted by Gasteiger charge is 2.07. The van der Waals surface area contributed by atoms with E-state index in [0.717, 1.165) is 28.9 Å². The van der Waals surface area contributed by atoms with Gasteiger partial charge in [0.15, 0.2) is 0 Å². The van der Waals surface area contributed by atoms with Crippen LogP contribution in [0.2, 0.25) is 0 Å². The average molecular weight is 297 g/mol. The highest BCUT2D eigenvalue weighted by molar-refractivity contribution is 5.74. The molecule has 3 rings (SSSR count). The Labute approximate surface area is 128 Å². The number of H-pyrrole nitrogens is 2. The van der Waals surface area contributed by atoms with Gasteiger partial charge < -0.3 is 20.0 Å². The molecule has 0 aliphatic heterocycles. The van der Waals surface area contributed by atoms with Gasteiger partial charge in [0.2, 0.25) is 0 Å². The van der Waals surface area contributed by atoms with Crippen LogP contribution in [0.15, 0.2) is 47.3 Å². The van der Waals surface area contributed by atoms with Crippen molar-refractivity contribution < 1.29 is 4.74 Å². The van der Waals surface area contributed by atoms with Gasteiger partial charge in [-0.3, -0.25) is 0 Å². The van der Waals surface area contributed by atoms with E-state index >= 15 is 0 Å². The second kappa shape index (κ2) is 6.07. The highest BCUT2D eigenvalue weighted by Crippen LogP contribution is 2.19. The minimum Gasteiger partial charge on any atom is -0.497 e. The number of nitrogens with one attached hydrogen (secondary N) is 3. The molecular formula is C17H19N3O2. The molecule has 1 heterocycles. The Kier molecular flexibility index (Phi) is 3.98. The number of aromatic amines is 2. The summed E-state index contributed by atoms with van der Waals surface area (Å²) in [5, 5.41) is 3.48. The number of aromatic nitrogens is 2. The molecular weight excluding hydrogens is 278 g/mol. The molecule has 0 spiro atoms. The minimum absolute atomic E-state index is 0.176. The summed E-state index contributed by atoms with van der Waals surface area (Å²) in [6.45, 7) is 2.84. The van der Waals surface area contributed by atoms with Crippen molar-refractivity contribution in [1.82, 2.24) is 15.3 Å². The molecule has 0 unspecified atom stereocenters. The van der Waals surface area contributed by atoms with Crippen LogP contribution < -0.4 is 15.7 Å². The monoisotopic (exact) mass is 297 g/mol. The Balaban J connectivity index is 1.70. The molecule has 1 atom stereocenters. The van der Waals surface area contributed by atoms with E-state index in [4.69, 9.17) is 4.74 Å². The quantitative estimate of drug-likeness (QED) is 0.678. The van der Waals surface area contributed by atoms with Gasteiger partial charge in [-0.15, -0.1) is 0 Å². The van der Waals surface area contributed by atoms with Crippen LogP contribution in [0.3, 0.4) is 0 Å². The third-order valence-electron chi connectivity index (χ3n) is 3.79. The number of hydrogen-bond donors (Lipinski definition) is 3. The molecule has 0 aliphatic rings. The Morgan fingerprint density at radius 3 is 2.77 bits per heavy atom. The van der Waals surface area contributed by atoms with Gasteiger partial charge in [0, 0.05) is 12.6 Å². The number of fused-ring (bicyclic) bond motifs is 1. The standard InChI is InChI=1S/C17H19N3O2/c1-11(13-4-3-5-14(9-13)22-2)18-10-12-6-7-15-16(8-12)20-17(21)19-15/h3-9,11,18H,10H2,1-2H3,(H2,19,20,21)/t11-/m1/s1. The summed E-state index contributed by atoms with van der Waals surface area (Å²) >= 11 is 0. The van der Waals surface area contributed by atoms with Crippen LogP contribution in [0, 0.1) is 0 Å². The van der Waals surface area contributed by atoms with Crippen molar-refractivity contribution in [1.29, 1.82) is 0 Å². The third-order valence-corrected chi connectivity index (χ3v) is 3.79. The summed E-state index contributed by atoms with van der Waals surface area (Å²) < 4.78 is 5.25. The molecule has 3 aromatic rings. The number of rotatable bonds is 5. The zero-order chi connectivity index (χ0) is 15.5. The summed E-state index contributed by atoms with van der Waals surface area (Å²) in [4.78, 5) is 16.8. The van der Waals surface area contributed by atoms with E-state index in [1.807, 2.05) is 36.4 Å². The molecule has 0 saturated heterocycles. The lowest BCUT2D eigenvalue weighted by molar-refractivity contribution is 0.413. The first kappa shape index (κ1) is 14.4. The van der Waals surface area contributed by atoms with E-state index in [1.165, 1.54) is 5.56 Å². The zero-order valence-corrected chi connectivity index (χ0v) is 12.6. The molecule has 114 valence electrons. The van der Waals surface area contributed by atoms with E-state index < -0.39 is 0 Å². The molecule has 22 heavy (non-hydrogen) atoms. The van der Waals surface area contributed by atoms with E-state index in [2.05, 4.69) is 28.3 Å². The number of hydrogen-bond acceptors (Lipinski definition) is 3. The Hall–Kier alpha value is -2.53. The van der Waals surface area contributed by atoms with Gasteiger partial charge in [-0.25, -0.2) is 4.79 Å². The first-order valence-corrected chi connectivity index (χ1v) is 7.24. The van der Waals surface area contributed by atoms with Crippen molar-refractivity contribution >= 4 is 11.0 Å². The van der Waals surface area contributed by atoms with Crippen molar-refractivity contribution in [3.63, 3.8) is 0 Å². The lowest BCUT2D eigenvalue weighted by Gasteiger charge is -2.15. The maximum absolute atomic E-state index is 11.3. The molecule has 3 N–H and O–H groups in total. The van der Waals surface area contributed by atoms with Crippen molar-refractivity contribution in [3.8, 4) is 5.75 Å². The van der Waals surface area contributed by atoms with Crippen LogP contribution >= 0.6 is 0 Å². The van der Waals surface area contributed by atoms with Crippen LogP contribution in [0.25, 0.3) is 11.0 Å². The molecule has 0 radical (unpaired) electrons. The number of benzene rings is 2. The summed E-state index contributed by atoms with van der Waals surface area (Å²) in [6, 6.07) is 14.2. The van der Waals surface area contributed by atoms with Gasteiger partial charge in [-0.2, -0.15) is 0 Å². The fraction of sp³-hybridized carbons (Fsp3) is 0.235. The van der Waals surface area contributed by atoms with Gasteiger partial charge >= 0.3 is 5.69 Å². The molecule has 2 aromatic carbocycles. The molecule has 0 amide bonds. The van der Waals surface area contributed by atoms with Gasteiger partial charge in [0.1, 0.15) is 5.75 Å². The van der Waals surface area contributed by atoms with Gasteiger partial charge in [0.05, 0.1) is 18.1 Å². The Morgan fingerprint density at radius 1 is 1.14 bits per heavy atom. The van der Waals surface area contributed by atoms with Gasteiger partial charge in [-0.1, -0.05) is 18.2 Å². The van der Waals surface area contributed by atoms with Crippen LogP contribution in [-0.4, -0.2) is 17.1 Å². The SMILES string of the molecule is COc1cccc([C@@H](C)NCc2ccc3[nH]c(=O)[nH]c3c2)c1. The number of imidazole rings is 1. The number of methoxy groups -OCH3 is 1. The van der Waals surface area contributed by atoms with Crippen molar-refractivity contribution in [3.05, 3.63) is 64.1 Å². The van der Waals surface area contributed by atoms with Gasteiger partial charge in [0.25, 0.3) is 0 Å². The minimum atomic E-state index is -0.176. The molecule has 0 bridgehead atoms. The Morgan fingerprint density at radius 2 is 1.95 bits per heavy atom. The summed E-state index contributed by atoms with van der Waals surface area (Å²) in [5.74, 6) is 0.859. The second-order valence-corrected chi connectivity index (χ2v) is 5.34. The molecule has 0 fully saturated rings. The summed E-state index contributed by atoms with van der Waals surface area (Å²) in [6.07, 6.45) is 0. The maximum Gasteiger partial charge on any atom is 0.323 e. The van der Waals surface area contributed by atoms with Crippen molar-refractivity contribution in [2.45, 2.75) is 19.5 Å². The largest absolute Gasteiger partial charge is 0.497 e. The molecule has 0 aliphatic carbocycles. The van der Waals surface area contributed by atoms with Crippen LogP contribution in [0.1, 0.15) is 24.1 Å². The van der Waals surface area contributed by atoms with Crippen LogP contribution in [0.5, 0.6) is 5.75 Å². The highest BCUT2D eigenvalue weighted by atomic mass is 16.5. The first-order valence-electron chi connectivity index (χ1n) is 7.24. The predicted molar refractivity (Wildman–Crippen MR) is 87.2 cm³/mol. The molecule has 0 saturated carbocycles. The van der Waals surface area contributed by atoms with E-state index in [1.54, 1.807) is 7.11 Å². The molecule has 5 nitrogen and oxygen atoms in total. The third kappa shape index (κ3) is 3.04. The second-order valence-electron chi connectivity index (χ2n) is 5.34. The first-order chi connectivity index (χ1) is 10.7. The lowest BCUT2D eigenvalue weighted by atomic mass is 10.1. The predicted octanol–water partition coefficient (Wildman–Crippen LogP) is 2.72. The molecule has 1 aromatic heterocycles. The maximum atomic E-state index is 11.3. The van der Waals surface area contributed by atoms with Crippen molar-refractivity contribution in [2.24, 2.45) is 0 Å². The number of ether oxygens (including phenoxy) is 1. The topological polar surface area (TPSA) is 69.9 Å². The lowest BCUT2D eigenvalue weighted by Crippen LogP contribution is -2.18. The normalized spacial score (nSPS) is 12.5. The van der Waals surface area contributed by atoms with Crippen LogP contribution in [0.4, 0.5) is 0 Å².